The lowest BCUT2D eigenvalue weighted by molar-refractivity contribution is -0.141. The van der Waals surface area contributed by atoms with Gasteiger partial charge in [0.15, 0.2) is 0 Å². The van der Waals surface area contributed by atoms with Crippen LogP contribution in [0.1, 0.15) is 94.6 Å². The summed E-state index contributed by atoms with van der Waals surface area (Å²) in [5, 5.41) is 10.7. The number of carbonyl (C=O) groups is 4. The molecule has 7 rings (SSSR count). The van der Waals surface area contributed by atoms with Crippen molar-refractivity contribution in [2.24, 2.45) is 13.0 Å². The topological polar surface area (TPSA) is 200 Å². The molecule has 5 atom stereocenters. The molecule has 2 saturated carbocycles. The van der Waals surface area contributed by atoms with Crippen molar-refractivity contribution in [3.63, 3.8) is 0 Å². The Morgan fingerprint density at radius 1 is 1.09 bits per heavy atom. The van der Waals surface area contributed by atoms with Crippen LogP contribution in [0, 0.1) is 12.8 Å². The van der Waals surface area contributed by atoms with E-state index in [2.05, 4.69) is 20.5 Å². The molecule has 0 radical (unpaired) electrons. The second kappa shape index (κ2) is 15.9. The first-order chi connectivity index (χ1) is 27.5. The van der Waals surface area contributed by atoms with E-state index in [1.54, 1.807) is 39.4 Å². The number of nitrogens with one attached hydrogen (secondary N) is 3. The van der Waals surface area contributed by atoms with Gasteiger partial charge in [-0.1, -0.05) is 25.0 Å². The summed E-state index contributed by atoms with van der Waals surface area (Å²) in [5.74, 6) is -1.51. The van der Waals surface area contributed by atoms with Crippen LogP contribution in [-0.4, -0.2) is 99.9 Å². The number of benzene rings is 1. The molecule has 58 heavy (non-hydrogen) atoms. The van der Waals surface area contributed by atoms with Crippen LogP contribution in [-0.2, 0) is 31.5 Å². The summed E-state index contributed by atoms with van der Waals surface area (Å²) in [7, 11) is -0.740. The molecule has 2 aliphatic carbocycles. The first-order valence-corrected chi connectivity index (χ1v) is 21.5. The highest BCUT2D eigenvalue weighted by Gasteiger charge is 2.63. The molecular formula is C41H53N7O9S. The van der Waals surface area contributed by atoms with Crippen molar-refractivity contribution in [3.05, 3.63) is 53.9 Å². The highest BCUT2D eigenvalue weighted by atomic mass is 32.2. The maximum Gasteiger partial charge on any atom is 0.272 e. The van der Waals surface area contributed by atoms with Gasteiger partial charge in [0, 0.05) is 42.6 Å². The van der Waals surface area contributed by atoms with Gasteiger partial charge in [0.1, 0.15) is 40.9 Å². The SMILES string of the molecule is COc1ccc2c(O[C@@H]3C[C@H]4C(=O)N[C@]5(C(=O)NS(=O)(=O)C6(C)CC6)C[C@H]5/C=C/CCCCC[C@H](NC(=O)c5ccn(C)n5)C(=O)N4C3)cc(OC(C)C)nc2c1C. The minimum absolute atomic E-state index is 0.0263. The van der Waals surface area contributed by atoms with Crippen molar-refractivity contribution in [1.29, 1.82) is 0 Å². The third-order valence-electron chi connectivity index (χ3n) is 11.7. The molecule has 3 fully saturated rings. The number of aromatic nitrogens is 3. The van der Waals surface area contributed by atoms with Gasteiger partial charge < -0.3 is 29.7 Å². The predicted octanol–water partition coefficient (Wildman–Crippen LogP) is 3.61. The Labute approximate surface area is 338 Å². The van der Waals surface area contributed by atoms with Crippen molar-refractivity contribution in [1.82, 2.24) is 35.0 Å². The smallest absolute Gasteiger partial charge is 0.272 e. The van der Waals surface area contributed by atoms with E-state index in [0.717, 1.165) is 18.4 Å². The Morgan fingerprint density at radius 3 is 2.55 bits per heavy atom. The summed E-state index contributed by atoms with van der Waals surface area (Å²) in [6.45, 7) is 7.22. The van der Waals surface area contributed by atoms with Gasteiger partial charge in [0.25, 0.3) is 11.8 Å². The lowest BCUT2D eigenvalue weighted by Gasteiger charge is -2.30. The summed E-state index contributed by atoms with van der Waals surface area (Å²) in [6.07, 6.45) is 8.79. The number of ether oxygens (including phenoxy) is 3. The lowest BCUT2D eigenvalue weighted by Crippen LogP contribution is -2.58. The molecular weight excluding hydrogens is 767 g/mol. The van der Waals surface area contributed by atoms with E-state index < -0.39 is 68.0 Å². The number of hydrogen-bond donors (Lipinski definition) is 3. The third kappa shape index (κ3) is 8.22. The number of sulfonamides is 1. The molecule has 4 amide bonds. The average Bonchev–Trinajstić information content (AvgIpc) is 3.97. The van der Waals surface area contributed by atoms with E-state index in [-0.39, 0.29) is 31.2 Å². The minimum atomic E-state index is -4.01. The first kappa shape index (κ1) is 41.0. The Hall–Kier alpha value is -5.19. The molecule has 2 aromatic heterocycles. The van der Waals surface area contributed by atoms with Crippen molar-refractivity contribution >= 4 is 44.6 Å². The summed E-state index contributed by atoms with van der Waals surface area (Å²) >= 11 is 0. The van der Waals surface area contributed by atoms with Gasteiger partial charge in [-0.15, -0.1) is 0 Å². The number of fused-ring (bicyclic) bond motifs is 3. The number of methoxy groups -OCH3 is 1. The summed E-state index contributed by atoms with van der Waals surface area (Å²) in [4.78, 5) is 62.8. The molecule has 4 aliphatic rings. The van der Waals surface area contributed by atoms with Crippen LogP contribution in [0.4, 0.5) is 0 Å². The Morgan fingerprint density at radius 2 is 1.86 bits per heavy atom. The standard InChI is InChI=1S/C41H53N7O9S/c1-24(2)56-34-21-33(28-14-15-32(55-6)25(3)35(28)43-34)57-27-20-31-37(50)44-41(39(52)46-58(53,54)40(4)17-18-40)22-26(41)12-10-8-7-9-11-13-30(38(51)48(31)23-27)42-36(49)29-16-19-47(5)45-29/h10,12,14-16,19,21,24,26-27,30-31H,7-9,11,13,17-18,20,22-23H2,1-6H3,(H,42,49)(H,44,50)(H,46,52)/b12-10+/t26-,27-,30+,31+,41-/m1/s1. The van der Waals surface area contributed by atoms with Gasteiger partial charge in [0.05, 0.1) is 30.0 Å². The van der Waals surface area contributed by atoms with Crippen molar-refractivity contribution in [2.75, 3.05) is 13.7 Å². The number of aryl methyl sites for hydroxylation is 2. The van der Waals surface area contributed by atoms with E-state index in [1.807, 2.05) is 45.1 Å². The number of amides is 4. The van der Waals surface area contributed by atoms with Crippen LogP contribution in [0.2, 0.25) is 0 Å². The molecule has 1 saturated heterocycles. The Bertz CT molecular complexity index is 2250. The maximum absolute atomic E-state index is 14.7. The second-order valence-corrected chi connectivity index (χ2v) is 18.7. The molecule has 3 N–H and O–H groups in total. The van der Waals surface area contributed by atoms with Gasteiger partial charge in [0.2, 0.25) is 27.7 Å². The largest absolute Gasteiger partial charge is 0.496 e. The number of allylic oxidation sites excluding steroid dienone is 1. The highest BCUT2D eigenvalue weighted by molar-refractivity contribution is 7.91. The number of carbonyl (C=O) groups excluding carboxylic acids is 4. The Balaban J connectivity index is 1.23. The molecule has 0 unspecified atom stereocenters. The molecule has 1 aromatic carbocycles. The molecule has 4 heterocycles. The van der Waals surface area contributed by atoms with Gasteiger partial charge in [-0.3, -0.25) is 28.6 Å². The van der Waals surface area contributed by atoms with E-state index in [4.69, 9.17) is 19.2 Å². The van der Waals surface area contributed by atoms with Gasteiger partial charge in [-0.2, -0.15) is 5.10 Å². The second-order valence-electron chi connectivity index (χ2n) is 16.5. The number of nitrogens with zero attached hydrogens (tertiary/aromatic N) is 4. The van der Waals surface area contributed by atoms with Crippen LogP contribution in [0.15, 0.2) is 42.6 Å². The molecule has 3 aromatic rings. The first-order valence-electron chi connectivity index (χ1n) is 20.0. The minimum Gasteiger partial charge on any atom is -0.496 e. The molecule has 2 aliphatic heterocycles. The summed E-state index contributed by atoms with van der Waals surface area (Å²) in [6, 6.07) is 4.76. The molecule has 0 bridgehead atoms. The van der Waals surface area contributed by atoms with Gasteiger partial charge in [-0.05, 0) is 84.4 Å². The third-order valence-corrected chi connectivity index (χ3v) is 13.9. The highest BCUT2D eigenvalue weighted by Crippen LogP contribution is 2.47. The fourth-order valence-electron chi connectivity index (χ4n) is 7.87. The zero-order valence-electron chi connectivity index (χ0n) is 33.9. The van der Waals surface area contributed by atoms with Crippen molar-refractivity contribution in [3.8, 4) is 17.4 Å². The normalized spacial score (nSPS) is 26.4. The fraction of sp³-hybridized carbons (Fsp3) is 0.561. The monoisotopic (exact) mass is 819 g/mol. The van der Waals surface area contributed by atoms with Crippen LogP contribution >= 0.6 is 0 Å². The summed E-state index contributed by atoms with van der Waals surface area (Å²) in [5.41, 5.74) is -0.0181. The number of pyridine rings is 1. The summed E-state index contributed by atoms with van der Waals surface area (Å²) < 4.78 is 47.4. The Kier molecular flexibility index (Phi) is 11.2. The van der Waals surface area contributed by atoms with Gasteiger partial charge in [-0.25, -0.2) is 13.4 Å². The number of rotatable bonds is 10. The van der Waals surface area contributed by atoms with E-state index in [0.29, 0.717) is 60.4 Å². The number of hydrogen-bond acceptors (Lipinski definition) is 11. The fourth-order valence-corrected chi connectivity index (χ4v) is 9.18. The molecule has 312 valence electrons. The quantitative estimate of drug-likeness (QED) is 0.253. The van der Waals surface area contributed by atoms with E-state index in [9.17, 15) is 27.6 Å². The van der Waals surface area contributed by atoms with Gasteiger partial charge >= 0.3 is 0 Å². The van der Waals surface area contributed by atoms with Crippen LogP contribution in [0.3, 0.4) is 0 Å². The molecule has 0 spiro atoms. The van der Waals surface area contributed by atoms with Crippen molar-refractivity contribution in [2.45, 2.75) is 120 Å². The van der Waals surface area contributed by atoms with E-state index in [1.165, 1.54) is 9.58 Å². The molecule has 17 heteroatoms. The van der Waals surface area contributed by atoms with Crippen LogP contribution in [0.25, 0.3) is 10.9 Å². The molecule has 16 nitrogen and oxygen atoms in total. The maximum atomic E-state index is 14.7. The van der Waals surface area contributed by atoms with Crippen molar-refractivity contribution < 1.29 is 41.8 Å². The van der Waals surface area contributed by atoms with Crippen LogP contribution in [0.5, 0.6) is 17.4 Å². The zero-order valence-corrected chi connectivity index (χ0v) is 34.7. The lowest BCUT2D eigenvalue weighted by atomic mass is 10.0. The predicted molar refractivity (Wildman–Crippen MR) is 214 cm³/mol. The zero-order chi connectivity index (χ0) is 41.6. The van der Waals surface area contributed by atoms with E-state index >= 15 is 0 Å². The average molecular weight is 820 g/mol. The van der Waals surface area contributed by atoms with Crippen LogP contribution < -0.4 is 29.6 Å².